The molecule has 2 aromatic rings. The number of sulfonamides is 1. The van der Waals surface area contributed by atoms with E-state index in [1.807, 2.05) is 0 Å². The topological polar surface area (TPSA) is 64.6 Å². The van der Waals surface area contributed by atoms with Crippen LogP contribution in [0.3, 0.4) is 0 Å². The van der Waals surface area contributed by atoms with Gasteiger partial charge in [-0.25, -0.2) is 13.1 Å². The van der Waals surface area contributed by atoms with Gasteiger partial charge in [0.25, 0.3) is 0 Å². The molecule has 0 amide bonds. The molecule has 5 nitrogen and oxygen atoms in total. The lowest BCUT2D eigenvalue weighted by Gasteiger charge is -2.17. The van der Waals surface area contributed by atoms with Crippen LogP contribution in [-0.4, -0.2) is 21.6 Å². The van der Waals surface area contributed by atoms with Gasteiger partial charge in [-0.3, -0.25) is 0 Å². The zero-order chi connectivity index (χ0) is 18.0. The fourth-order valence-electron chi connectivity index (χ4n) is 2.53. The van der Waals surface area contributed by atoms with Gasteiger partial charge in [0, 0.05) is 28.6 Å². The molecule has 0 aromatic heterocycles. The number of nitrogens with one attached hydrogen (secondary N) is 1. The van der Waals surface area contributed by atoms with E-state index in [1.165, 1.54) is 12.1 Å². The standard InChI is InChI=1S/C17H17Cl2NO4S/c1-11(14-5-3-12(18)9-15(14)19)20-25(21,22)13-4-6-16-17(10-13)24-8-2-7-23-16/h3-6,9-11,20H,2,7-8H2,1H3. The van der Waals surface area contributed by atoms with Gasteiger partial charge in [-0.1, -0.05) is 29.3 Å². The smallest absolute Gasteiger partial charge is 0.241 e. The van der Waals surface area contributed by atoms with Gasteiger partial charge in [0.15, 0.2) is 11.5 Å². The maximum absolute atomic E-state index is 12.7. The van der Waals surface area contributed by atoms with Crippen LogP contribution in [0.15, 0.2) is 41.3 Å². The second kappa shape index (κ2) is 7.41. The van der Waals surface area contributed by atoms with Crippen molar-refractivity contribution in [3.05, 3.63) is 52.0 Å². The van der Waals surface area contributed by atoms with Crippen LogP contribution in [0.5, 0.6) is 11.5 Å². The average Bonchev–Trinajstić information content (AvgIpc) is 2.78. The molecule has 0 fully saturated rings. The molecule has 8 heteroatoms. The van der Waals surface area contributed by atoms with Gasteiger partial charge >= 0.3 is 0 Å². The Morgan fingerprint density at radius 2 is 1.76 bits per heavy atom. The summed E-state index contributed by atoms with van der Waals surface area (Å²) in [4.78, 5) is 0.105. The number of hydrogen-bond donors (Lipinski definition) is 1. The Kier molecular flexibility index (Phi) is 5.43. The van der Waals surface area contributed by atoms with Crippen molar-refractivity contribution < 1.29 is 17.9 Å². The third-order valence-corrected chi connectivity index (χ3v) is 5.89. The van der Waals surface area contributed by atoms with E-state index >= 15 is 0 Å². The molecule has 1 atom stereocenters. The van der Waals surface area contributed by atoms with Crippen LogP contribution in [0, 0.1) is 0 Å². The Bertz CT molecular complexity index is 886. The molecule has 1 unspecified atom stereocenters. The lowest BCUT2D eigenvalue weighted by molar-refractivity contribution is 0.297. The van der Waals surface area contributed by atoms with E-state index in [9.17, 15) is 8.42 Å². The van der Waals surface area contributed by atoms with E-state index in [0.717, 1.165) is 6.42 Å². The van der Waals surface area contributed by atoms with E-state index in [4.69, 9.17) is 32.7 Å². The van der Waals surface area contributed by atoms with Crippen molar-refractivity contribution in [3.8, 4) is 11.5 Å². The molecule has 0 saturated carbocycles. The van der Waals surface area contributed by atoms with Gasteiger partial charge in [-0.15, -0.1) is 0 Å². The minimum atomic E-state index is -3.76. The fraction of sp³-hybridized carbons (Fsp3) is 0.294. The van der Waals surface area contributed by atoms with Crippen molar-refractivity contribution in [2.24, 2.45) is 0 Å². The first-order chi connectivity index (χ1) is 11.9. The van der Waals surface area contributed by atoms with Crippen LogP contribution >= 0.6 is 23.2 Å². The quantitative estimate of drug-likeness (QED) is 0.833. The third-order valence-electron chi connectivity index (χ3n) is 3.79. The van der Waals surface area contributed by atoms with E-state index < -0.39 is 16.1 Å². The summed E-state index contributed by atoms with van der Waals surface area (Å²) in [6, 6.07) is 9.00. The summed E-state index contributed by atoms with van der Waals surface area (Å²) >= 11 is 12.0. The molecule has 1 N–H and O–H groups in total. The summed E-state index contributed by atoms with van der Waals surface area (Å²) in [6.07, 6.45) is 0.751. The molecule has 1 aliphatic rings. The van der Waals surface area contributed by atoms with Crippen molar-refractivity contribution in [1.29, 1.82) is 0 Å². The Labute approximate surface area is 156 Å². The van der Waals surface area contributed by atoms with Gasteiger partial charge in [-0.05, 0) is 36.8 Å². The highest BCUT2D eigenvalue weighted by Gasteiger charge is 2.22. The number of hydrogen-bond acceptors (Lipinski definition) is 4. The van der Waals surface area contributed by atoms with Crippen LogP contribution in [-0.2, 0) is 10.0 Å². The van der Waals surface area contributed by atoms with E-state index in [0.29, 0.717) is 40.3 Å². The molecule has 3 rings (SSSR count). The first-order valence-electron chi connectivity index (χ1n) is 7.74. The van der Waals surface area contributed by atoms with Crippen molar-refractivity contribution in [2.75, 3.05) is 13.2 Å². The molecule has 25 heavy (non-hydrogen) atoms. The molecule has 0 saturated heterocycles. The fourth-order valence-corrected chi connectivity index (χ4v) is 4.34. The molecule has 0 aliphatic carbocycles. The maximum atomic E-state index is 12.7. The van der Waals surface area contributed by atoms with Crippen molar-refractivity contribution in [2.45, 2.75) is 24.3 Å². The number of benzene rings is 2. The number of fused-ring (bicyclic) bond motifs is 1. The van der Waals surface area contributed by atoms with E-state index in [2.05, 4.69) is 4.72 Å². The lowest BCUT2D eigenvalue weighted by atomic mass is 10.1. The monoisotopic (exact) mass is 401 g/mol. The molecular weight excluding hydrogens is 385 g/mol. The summed E-state index contributed by atoms with van der Waals surface area (Å²) in [6.45, 7) is 2.75. The van der Waals surface area contributed by atoms with Crippen LogP contribution < -0.4 is 14.2 Å². The largest absolute Gasteiger partial charge is 0.490 e. The first kappa shape index (κ1) is 18.3. The van der Waals surface area contributed by atoms with Crippen LogP contribution in [0.4, 0.5) is 0 Å². The van der Waals surface area contributed by atoms with Crippen LogP contribution in [0.25, 0.3) is 0 Å². The minimum Gasteiger partial charge on any atom is -0.490 e. The lowest BCUT2D eigenvalue weighted by Crippen LogP contribution is -2.27. The molecule has 0 spiro atoms. The second-order valence-electron chi connectivity index (χ2n) is 5.67. The molecule has 1 heterocycles. The summed E-state index contributed by atoms with van der Waals surface area (Å²) < 4.78 is 39.1. The van der Waals surface area contributed by atoms with Gasteiger partial charge in [-0.2, -0.15) is 0 Å². The highest BCUT2D eigenvalue weighted by Crippen LogP contribution is 2.33. The second-order valence-corrected chi connectivity index (χ2v) is 8.23. The molecule has 134 valence electrons. The average molecular weight is 402 g/mol. The minimum absolute atomic E-state index is 0.105. The highest BCUT2D eigenvalue weighted by atomic mass is 35.5. The highest BCUT2D eigenvalue weighted by molar-refractivity contribution is 7.89. The Hall–Kier alpha value is -1.47. The summed E-state index contributed by atoms with van der Waals surface area (Å²) in [5.41, 5.74) is 0.643. The SMILES string of the molecule is CC(NS(=O)(=O)c1ccc2c(c1)OCCCO2)c1ccc(Cl)cc1Cl. The first-order valence-corrected chi connectivity index (χ1v) is 9.98. The van der Waals surface area contributed by atoms with Crippen LogP contribution in [0.1, 0.15) is 24.9 Å². The molecular formula is C17H17Cl2NO4S. The number of rotatable bonds is 4. The third kappa shape index (κ3) is 4.20. The normalized spacial score (nSPS) is 15.5. The zero-order valence-electron chi connectivity index (χ0n) is 13.5. The Balaban J connectivity index is 1.85. The van der Waals surface area contributed by atoms with Crippen molar-refractivity contribution >= 4 is 33.2 Å². The summed E-state index contributed by atoms with van der Waals surface area (Å²) in [7, 11) is -3.76. The summed E-state index contributed by atoms with van der Waals surface area (Å²) in [5, 5.41) is 0.896. The Morgan fingerprint density at radius 3 is 2.48 bits per heavy atom. The molecule has 0 radical (unpaired) electrons. The predicted molar refractivity (Wildman–Crippen MR) is 97.2 cm³/mol. The van der Waals surface area contributed by atoms with E-state index in [1.54, 1.807) is 31.2 Å². The van der Waals surface area contributed by atoms with Gasteiger partial charge in [0.05, 0.1) is 18.1 Å². The molecule has 2 aromatic carbocycles. The van der Waals surface area contributed by atoms with Crippen molar-refractivity contribution in [3.63, 3.8) is 0 Å². The van der Waals surface area contributed by atoms with Gasteiger partial charge < -0.3 is 9.47 Å². The Morgan fingerprint density at radius 1 is 1.04 bits per heavy atom. The summed E-state index contributed by atoms with van der Waals surface area (Å²) in [5.74, 6) is 0.975. The van der Waals surface area contributed by atoms with Gasteiger partial charge in [0.2, 0.25) is 10.0 Å². The van der Waals surface area contributed by atoms with Crippen molar-refractivity contribution in [1.82, 2.24) is 4.72 Å². The number of halogens is 2. The van der Waals surface area contributed by atoms with Gasteiger partial charge in [0.1, 0.15) is 0 Å². The molecule has 1 aliphatic heterocycles. The molecule has 0 bridgehead atoms. The number of ether oxygens (including phenoxy) is 2. The predicted octanol–water partition coefficient (Wildman–Crippen LogP) is 4.19. The van der Waals surface area contributed by atoms with Crippen LogP contribution in [0.2, 0.25) is 10.0 Å². The zero-order valence-corrected chi connectivity index (χ0v) is 15.8. The van der Waals surface area contributed by atoms with E-state index in [-0.39, 0.29) is 4.90 Å². The maximum Gasteiger partial charge on any atom is 0.241 e.